The Morgan fingerprint density at radius 1 is 1.10 bits per heavy atom. The number of aliphatic hydroxyl groups excluding tert-OH is 1. The molecule has 2 saturated heterocycles. The summed E-state index contributed by atoms with van der Waals surface area (Å²) >= 11 is 0. The molecular weight excluding hydrogens is 513 g/mol. The van der Waals surface area contributed by atoms with Gasteiger partial charge in [0.25, 0.3) is 5.91 Å². The number of methoxy groups -OCH3 is 1. The van der Waals surface area contributed by atoms with Crippen LogP contribution in [0.15, 0.2) is 42.6 Å². The van der Waals surface area contributed by atoms with Crippen LogP contribution in [0.5, 0.6) is 5.88 Å². The summed E-state index contributed by atoms with van der Waals surface area (Å²) in [5.41, 5.74) is -0.0896. The van der Waals surface area contributed by atoms with Gasteiger partial charge in [0.2, 0.25) is 5.88 Å². The number of aromatic nitrogens is 1. The molecule has 4 rings (SSSR count). The van der Waals surface area contributed by atoms with Crippen LogP contribution in [0.1, 0.15) is 63.2 Å². The second-order valence-electron chi connectivity index (χ2n) is 11.4. The SMILES string of the molecule is CCC(F)(CC)CN1CCC(COc2ccc(-c3ccc(C(=O)N4C[C@H](O)C[C@@]4(C)C(=O)OC)cc3)cn2)CC1. The lowest BCUT2D eigenvalue weighted by Crippen LogP contribution is -2.51. The number of piperidine rings is 1. The van der Waals surface area contributed by atoms with Gasteiger partial charge in [-0.1, -0.05) is 26.0 Å². The third-order valence-corrected chi connectivity index (χ3v) is 8.64. The predicted octanol–water partition coefficient (Wildman–Crippen LogP) is 4.51. The zero-order valence-corrected chi connectivity index (χ0v) is 24.1. The van der Waals surface area contributed by atoms with E-state index in [1.807, 2.05) is 38.1 Å². The molecule has 0 spiro atoms. The smallest absolute Gasteiger partial charge is 0.331 e. The first-order chi connectivity index (χ1) is 19.1. The Bertz CT molecular complexity index is 1150. The molecule has 2 aliphatic rings. The van der Waals surface area contributed by atoms with E-state index >= 15 is 0 Å². The number of halogens is 1. The Morgan fingerprint density at radius 2 is 1.75 bits per heavy atom. The third-order valence-electron chi connectivity index (χ3n) is 8.64. The first-order valence-electron chi connectivity index (χ1n) is 14.3. The van der Waals surface area contributed by atoms with Gasteiger partial charge in [-0.25, -0.2) is 14.2 Å². The predicted molar refractivity (Wildman–Crippen MR) is 151 cm³/mol. The number of carbonyl (C=O) groups excluding carboxylic acids is 2. The molecule has 9 heteroatoms. The number of aliphatic hydroxyl groups is 1. The fourth-order valence-electron chi connectivity index (χ4n) is 5.75. The number of likely N-dealkylation sites (tertiary alicyclic amines) is 2. The van der Waals surface area contributed by atoms with Gasteiger partial charge in [-0.05, 0) is 75.4 Å². The number of carbonyl (C=O) groups is 2. The van der Waals surface area contributed by atoms with Crippen LogP contribution in [0, 0.1) is 5.92 Å². The lowest BCUT2D eigenvalue weighted by molar-refractivity contribution is -0.151. The number of pyridine rings is 1. The number of β-amino-alcohol motifs (C(OH)–C–C–N with tert-alkyl or cyclic N) is 1. The molecule has 0 unspecified atom stereocenters. The van der Waals surface area contributed by atoms with Gasteiger partial charge in [-0.3, -0.25) is 4.79 Å². The van der Waals surface area contributed by atoms with Crippen LogP contribution in [0.4, 0.5) is 4.39 Å². The van der Waals surface area contributed by atoms with Crippen LogP contribution >= 0.6 is 0 Å². The van der Waals surface area contributed by atoms with Crippen LogP contribution in [0.3, 0.4) is 0 Å². The fraction of sp³-hybridized carbons (Fsp3) is 0.581. The Hall–Kier alpha value is -3.04. The molecular formula is C31H42FN3O5. The fourth-order valence-corrected chi connectivity index (χ4v) is 5.75. The zero-order chi connectivity index (χ0) is 28.9. The molecule has 0 radical (unpaired) electrons. The summed E-state index contributed by atoms with van der Waals surface area (Å²) in [6, 6.07) is 10.9. The van der Waals surface area contributed by atoms with Crippen LogP contribution in [-0.4, -0.2) is 89.0 Å². The standard InChI is InChI=1S/C31H42FN3O5/c1-5-31(32,6-2)21-34-15-13-22(14-16-34)20-40-27-12-11-25(18-33-27)23-7-9-24(10-8-23)28(37)35-19-26(36)17-30(35,3)29(38)39-4/h7-12,18,22,26,36H,5-6,13-17,19-21H2,1-4H3/t26-,30+/m1/s1. The van der Waals surface area contributed by atoms with Crippen LogP contribution < -0.4 is 4.74 Å². The number of benzene rings is 1. The topological polar surface area (TPSA) is 92.2 Å². The maximum absolute atomic E-state index is 14.7. The van der Waals surface area contributed by atoms with E-state index in [1.165, 1.54) is 12.0 Å². The lowest BCUT2D eigenvalue weighted by Gasteiger charge is -2.36. The minimum atomic E-state index is -1.20. The van der Waals surface area contributed by atoms with Gasteiger partial charge in [0.15, 0.2) is 0 Å². The Kier molecular flexibility index (Phi) is 9.46. The highest BCUT2D eigenvalue weighted by Crippen LogP contribution is 2.33. The van der Waals surface area contributed by atoms with Crippen LogP contribution in [0.25, 0.3) is 11.1 Å². The monoisotopic (exact) mass is 555 g/mol. The Morgan fingerprint density at radius 3 is 2.33 bits per heavy atom. The van der Waals surface area contributed by atoms with Crippen molar-refractivity contribution in [2.45, 2.75) is 70.2 Å². The van der Waals surface area contributed by atoms with Gasteiger partial charge < -0.3 is 24.4 Å². The third kappa shape index (κ3) is 6.63. The molecule has 3 heterocycles. The maximum Gasteiger partial charge on any atom is 0.331 e. The van der Waals surface area contributed by atoms with Crippen molar-refractivity contribution in [1.82, 2.24) is 14.8 Å². The summed E-state index contributed by atoms with van der Waals surface area (Å²) in [5.74, 6) is 0.119. The second-order valence-corrected chi connectivity index (χ2v) is 11.4. The highest BCUT2D eigenvalue weighted by atomic mass is 19.1. The molecule has 1 aromatic carbocycles. The van der Waals surface area contributed by atoms with Crippen LogP contribution in [-0.2, 0) is 9.53 Å². The van der Waals surface area contributed by atoms with Crippen molar-refractivity contribution in [2.75, 3.05) is 39.9 Å². The van der Waals surface area contributed by atoms with Crippen molar-refractivity contribution in [1.29, 1.82) is 0 Å². The zero-order valence-electron chi connectivity index (χ0n) is 24.1. The van der Waals surface area contributed by atoms with Gasteiger partial charge in [-0.2, -0.15) is 0 Å². The van der Waals surface area contributed by atoms with E-state index in [0.29, 0.717) is 43.4 Å². The highest BCUT2D eigenvalue weighted by molar-refractivity contribution is 5.99. The number of amides is 1. The molecule has 1 aromatic heterocycles. The quantitative estimate of drug-likeness (QED) is 0.432. The minimum Gasteiger partial charge on any atom is -0.477 e. The molecule has 40 heavy (non-hydrogen) atoms. The Balaban J connectivity index is 1.30. The molecule has 8 nitrogen and oxygen atoms in total. The van der Waals surface area contributed by atoms with Crippen molar-refractivity contribution in [2.24, 2.45) is 5.92 Å². The van der Waals surface area contributed by atoms with E-state index < -0.39 is 23.3 Å². The van der Waals surface area contributed by atoms with Crippen molar-refractivity contribution in [3.05, 3.63) is 48.2 Å². The van der Waals surface area contributed by atoms with Gasteiger partial charge in [0, 0.05) is 42.9 Å². The number of esters is 1. The molecule has 1 amide bonds. The normalized spacial score (nSPS) is 22.4. The van der Waals surface area contributed by atoms with E-state index in [2.05, 4.69) is 9.88 Å². The lowest BCUT2D eigenvalue weighted by atomic mass is 9.94. The van der Waals surface area contributed by atoms with Gasteiger partial charge >= 0.3 is 5.97 Å². The maximum atomic E-state index is 14.7. The molecule has 0 aliphatic carbocycles. The van der Waals surface area contributed by atoms with Crippen molar-refractivity contribution in [3.63, 3.8) is 0 Å². The van der Waals surface area contributed by atoms with Gasteiger partial charge in [0.1, 0.15) is 11.2 Å². The summed E-state index contributed by atoms with van der Waals surface area (Å²) in [7, 11) is 1.28. The van der Waals surface area contributed by atoms with Crippen molar-refractivity contribution in [3.8, 4) is 17.0 Å². The summed E-state index contributed by atoms with van der Waals surface area (Å²) in [6.45, 7) is 8.43. The Labute approximate surface area is 236 Å². The second kappa shape index (κ2) is 12.6. The molecule has 2 aromatic rings. The van der Waals surface area contributed by atoms with Gasteiger partial charge in [0.05, 0.1) is 19.8 Å². The molecule has 2 aliphatic heterocycles. The van der Waals surface area contributed by atoms with E-state index in [9.17, 15) is 19.1 Å². The van der Waals surface area contributed by atoms with Crippen molar-refractivity contribution >= 4 is 11.9 Å². The van der Waals surface area contributed by atoms with Crippen LogP contribution in [0.2, 0.25) is 0 Å². The minimum absolute atomic E-state index is 0.0761. The van der Waals surface area contributed by atoms with Gasteiger partial charge in [-0.15, -0.1) is 0 Å². The molecule has 1 N–H and O–H groups in total. The highest BCUT2D eigenvalue weighted by Gasteiger charge is 2.50. The summed E-state index contributed by atoms with van der Waals surface area (Å²) in [5, 5.41) is 10.1. The van der Waals surface area contributed by atoms with E-state index in [-0.39, 0.29) is 18.9 Å². The average Bonchev–Trinajstić information content (AvgIpc) is 3.31. The summed E-state index contributed by atoms with van der Waals surface area (Å²) in [4.78, 5) is 33.6. The van der Waals surface area contributed by atoms with E-state index in [1.54, 1.807) is 25.3 Å². The first-order valence-corrected chi connectivity index (χ1v) is 14.3. The van der Waals surface area contributed by atoms with E-state index in [0.717, 1.165) is 37.1 Å². The number of hydrogen-bond acceptors (Lipinski definition) is 7. The number of hydrogen-bond donors (Lipinski definition) is 1. The molecule has 2 fully saturated rings. The largest absolute Gasteiger partial charge is 0.477 e. The number of rotatable bonds is 10. The molecule has 0 saturated carbocycles. The molecule has 0 bridgehead atoms. The number of alkyl halides is 1. The van der Waals surface area contributed by atoms with Crippen molar-refractivity contribution < 1.29 is 28.6 Å². The van der Waals surface area contributed by atoms with E-state index in [4.69, 9.17) is 9.47 Å². The number of nitrogens with zero attached hydrogens (tertiary/aromatic N) is 3. The number of ether oxygens (including phenoxy) is 2. The average molecular weight is 556 g/mol. The first kappa shape index (κ1) is 29.9. The summed E-state index contributed by atoms with van der Waals surface area (Å²) < 4.78 is 25.6. The summed E-state index contributed by atoms with van der Waals surface area (Å²) in [6.07, 6.45) is 4.18. The molecule has 2 atom stereocenters. The molecule has 218 valence electrons.